The Morgan fingerprint density at radius 2 is 2.31 bits per heavy atom. The molecular weight excluding hydrogens is 190 g/mol. The van der Waals surface area contributed by atoms with E-state index in [1.807, 2.05) is 6.07 Å². The maximum Gasteiger partial charge on any atom is 0.150 e. The Bertz CT molecular complexity index is 330. The van der Waals surface area contributed by atoms with Gasteiger partial charge in [-0.2, -0.15) is 5.26 Å². The van der Waals surface area contributed by atoms with E-state index < -0.39 is 20.5 Å². The Morgan fingerprint density at radius 1 is 1.69 bits per heavy atom. The van der Waals surface area contributed by atoms with Crippen molar-refractivity contribution < 1.29 is 13.5 Å². The van der Waals surface area contributed by atoms with Gasteiger partial charge in [0.15, 0.2) is 0 Å². The van der Waals surface area contributed by atoms with Crippen LogP contribution in [0.1, 0.15) is 19.3 Å². The van der Waals surface area contributed by atoms with Crippen molar-refractivity contribution in [2.75, 3.05) is 12.9 Å². The molecule has 5 heteroatoms. The van der Waals surface area contributed by atoms with E-state index in [0.717, 1.165) is 0 Å². The van der Waals surface area contributed by atoms with Crippen molar-refractivity contribution in [2.45, 2.75) is 24.5 Å². The highest BCUT2D eigenvalue weighted by Crippen LogP contribution is 2.39. The van der Waals surface area contributed by atoms with Crippen molar-refractivity contribution in [3.63, 3.8) is 0 Å². The van der Waals surface area contributed by atoms with E-state index in [9.17, 15) is 8.42 Å². The molecule has 2 atom stereocenters. The lowest BCUT2D eigenvalue weighted by molar-refractivity contribution is 0.180. The summed E-state index contributed by atoms with van der Waals surface area (Å²) in [5.41, 5.74) is -0.812. The topological polar surface area (TPSA) is 78.2 Å². The van der Waals surface area contributed by atoms with Crippen LogP contribution in [0, 0.1) is 16.7 Å². The third-order valence-electron chi connectivity index (χ3n) is 2.71. The van der Waals surface area contributed by atoms with Crippen LogP contribution < -0.4 is 0 Å². The number of nitrogens with zero attached hydrogens (tertiary/aromatic N) is 1. The molecule has 1 fully saturated rings. The molecule has 0 unspecified atom stereocenters. The van der Waals surface area contributed by atoms with Crippen LogP contribution in [0.15, 0.2) is 0 Å². The number of rotatable bonds is 2. The van der Waals surface area contributed by atoms with Gasteiger partial charge in [-0.1, -0.05) is 0 Å². The molecule has 4 nitrogen and oxygen atoms in total. The summed E-state index contributed by atoms with van der Waals surface area (Å²) in [6.07, 6.45) is 2.44. The van der Waals surface area contributed by atoms with E-state index in [1.54, 1.807) is 0 Å². The largest absolute Gasteiger partial charge is 0.395 e. The average molecular weight is 203 g/mol. The summed E-state index contributed by atoms with van der Waals surface area (Å²) < 4.78 is 22.3. The van der Waals surface area contributed by atoms with Gasteiger partial charge in [0.05, 0.1) is 23.3 Å². The van der Waals surface area contributed by atoms with Crippen LogP contribution in [0.2, 0.25) is 0 Å². The molecule has 0 heterocycles. The molecule has 1 aliphatic rings. The molecule has 1 saturated carbocycles. The first-order valence-electron chi connectivity index (χ1n) is 4.14. The maximum absolute atomic E-state index is 11.2. The second-order valence-corrected chi connectivity index (χ2v) is 6.07. The number of aliphatic hydroxyl groups is 1. The third kappa shape index (κ3) is 2.01. The summed E-state index contributed by atoms with van der Waals surface area (Å²) >= 11 is 0. The molecule has 1 N–H and O–H groups in total. The van der Waals surface area contributed by atoms with Crippen molar-refractivity contribution in [2.24, 2.45) is 5.41 Å². The molecule has 1 rings (SSSR count). The predicted molar refractivity (Wildman–Crippen MR) is 47.6 cm³/mol. The zero-order valence-electron chi connectivity index (χ0n) is 7.52. The van der Waals surface area contributed by atoms with Crippen LogP contribution in [0.4, 0.5) is 0 Å². The number of nitriles is 1. The standard InChI is InChI=1S/C8H13NO3S/c1-13(11,12)7-2-3-8(4-7,5-9)6-10/h7,10H,2-4,6H2,1H3/t7-,8+/m1/s1. The summed E-state index contributed by atoms with van der Waals surface area (Å²) in [4.78, 5) is 0. The second-order valence-electron chi connectivity index (χ2n) is 3.74. The van der Waals surface area contributed by atoms with Crippen LogP contribution in [0.25, 0.3) is 0 Å². The smallest absolute Gasteiger partial charge is 0.150 e. The van der Waals surface area contributed by atoms with Crippen LogP contribution in [-0.2, 0) is 9.84 Å². The van der Waals surface area contributed by atoms with Gasteiger partial charge in [0.2, 0.25) is 0 Å². The van der Waals surface area contributed by atoms with Gasteiger partial charge in [0, 0.05) is 6.26 Å². The van der Waals surface area contributed by atoms with E-state index >= 15 is 0 Å². The predicted octanol–water partition coefficient (Wildman–Crippen LogP) is 0.0858. The van der Waals surface area contributed by atoms with Crippen LogP contribution in [-0.4, -0.2) is 31.6 Å². The Hall–Kier alpha value is -0.600. The number of sulfone groups is 1. The van der Waals surface area contributed by atoms with Crippen LogP contribution in [0.3, 0.4) is 0 Å². The molecule has 0 radical (unpaired) electrons. The lowest BCUT2D eigenvalue weighted by Crippen LogP contribution is -2.23. The van der Waals surface area contributed by atoms with Gasteiger partial charge in [0.25, 0.3) is 0 Å². The molecule has 0 spiro atoms. The maximum atomic E-state index is 11.2. The number of hydrogen-bond acceptors (Lipinski definition) is 4. The van der Waals surface area contributed by atoms with Gasteiger partial charge in [-0.3, -0.25) is 0 Å². The van der Waals surface area contributed by atoms with E-state index in [4.69, 9.17) is 10.4 Å². The lowest BCUT2D eigenvalue weighted by atomic mass is 9.89. The summed E-state index contributed by atoms with van der Waals surface area (Å²) in [5, 5.41) is 17.3. The minimum atomic E-state index is -3.06. The molecule has 0 aromatic heterocycles. The van der Waals surface area contributed by atoms with Gasteiger partial charge < -0.3 is 5.11 Å². The SMILES string of the molecule is CS(=O)(=O)[C@@H]1CC[C@](C#N)(CO)C1. The number of aliphatic hydroxyl groups excluding tert-OH is 1. The quantitative estimate of drug-likeness (QED) is 0.689. The number of hydrogen-bond donors (Lipinski definition) is 1. The van der Waals surface area contributed by atoms with E-state index in [2.05, 4.69) is 0 Å². The van der Waals surface area contributed by atoms with Gasteiger partial charge in [-0.15, -0.1) is 0 Å². The van der Waals surface area contributed by atoms with E-state index in [-0.39, 0.29) is 13.0 Å². The monoisotopic (exact) mass is 203 g/mol. The summed E-state index contributed by atoms with van der Waals surface area (Å²) in [6, 6.07) is 2.01. The van der Waals surface area contributed by atoms with Crippen molar-refractivity contribution in [1.82, 2.24) is 0 Å². The molecule has 0 saturated heterocycles. The lowest BCUT2D eigenvalue weighted by Gasteiger charge is -2.16. The minimum absolute atomic E-state index is 0.241. The first kappa shape index (κ1) is 10.5. The van der Waals surface area contributed by atoms with Crippen molar-refractivity contribution >= 4 is 9.84 Å². The summed E-state index contributed by atoms with van der Waals surface area (Å²) in [6.45, 7) is -0.241. The first-order valence-corrected chi connectivity index (χ1v) is 6.10. The Morgan fingerprint density at radius 3 is 2.54 bits per heavy atom. The average Bonchev–Trinajstić information content (AvgIpc) is 2.48. The third-order valence-corrected chi connectivity index (χ3v) is 4.32. The molecular formula is C8H13NO3S. The van der Waals surface area contributed by atoms with Crippen LogP contribution >= 0.6 is 0 Å². The summed E-state index contributed by atoms with van der Waals surface area (Å²) in [5.74, 6) is 0. The molecule has 0 aliphatic heterocycles. The fourth-order valence-electron chi connectivity index (χ4n) is 1.72. The molecule has 0 aromatic rings. The Kier molecular flexibility index (Phi) is 2.64. The highest BCUT2D eigenvalue weighted by Gasteiger charge is 2.42. The molecule has 0 amide bonds. The highest BCUT2D eigenvalue weighted by atomic mass is 32.2. The first-order chi connectivity index (χ1) is 5.93. The highest BCUT2D eigenvalue weighted by molar-refractivity contribution is 7.91. The molecule has 0 bridgehead atoms. The van der Waals surface area contributed by atoms with E-state index in [1.165, 1.54) is 6.26 Å². The van der Waals surface area contributed by atoms with Crippen molar-refractivity contribution in [3.8, 4) is 6.07 Å². The molecule has 1 aliphatic carbocycles. The summed E-state index contributed by atoms with van der Waals surface area (Å²) in [7, 11) is -3.06. The van der Waals surface area contributed by atoms with Gasteiger partial charge in [0.1, 0.15) is 9.84 Å². The molecule has 0 aromatic carbocycles. The van der Waals surface area contributed by atoms with Crippen LogP contribution in [0.5, 0.6) is 0 Å². The minimum Gasteiger partial charge on any atom is -0.395 e. The Labute approximate surface area is 78.1 Å². The molecule has 13 heavy (non-hydrogen) atoms. The zero-order valence-corrected chi connectivity index (χ0v) is 8.34. The van der Waals surface area contributed by atoms with Gasteiger partial charge in [-0.25, -0.2) is 8.42 Å². The molecule has 74 valence electrons. The van der Waals surface area contributed by atoms with Gasteiger partial charge in [-0.05, 0) is 19.3 Å². The Balaban J connectivity index is 2.81. The van der Waals surface area contributed by atoms with Crippen molar-refractivity contribution in [3.05, 3.63) is 0 Å². The van der Waals surface area contributed by atoms with Gasteiger partial charge >= 0.3 is 0 Å². The van der Waals surface area contributed by atoms with E-state index in [0.29, 0.717) is 12.8 Å². The fraction of sp³-hybridized carbons (Fsp3) is 0.875. The normalized spacial score (nSPS) is 34.4. The fourth-order valence-corrected chi connectivity index (χ4v) is 2.89. The van der Waals surface area contributed by atoms with Crippen molar-refractivity contribution in [1.29, 1.82) is 5.26 Å². The zero-order chi connectivity index (χ0) is 10.1. The second kappa shape index (κ2) is 3.28.